The second-order valence-electron chi connectivity index (χ2n) is 8.49. The summed E-state index contributed by atoms with van der Waals surface area (Å²) in [7, 11) is 0. The van der Waals surface area contributed by atoms with Gasteiger partial charge in [-0.3, -0.25) is 0 Å². The summed E-state index contributed by atoms with van der Waals surface area (Å²) < 4.78 is 181. The predicted molar refractivity (Wildman–Crippen MR) is 167 cm³/mol. The van der Waals surface area contributed by atoms with E-state index < -0.39 is 143 Å². The zero-order chi connectivity index (χ0) is 44.0. The van der Waals surface area contributed by atoms with Gasteiger partial charge in [0, 0.05) is 38.3 Å². The maximum Gasteiger partial charge on any atom is 0.131 e. The number of para-hydroxylation sites is 4. The van der Waals surface area contributed by atoms with E-state index >= 15 is 0 Å². The molecule has 0 unspecified atom stereocenters. The van der Waals surface area contributed by atoms with Gasteiger partial charge in [-0.25, -0.2) is 0 Å². The van der Waals surface area contributed by atoms with Crippen molar-refractivity contribution >= 4 is 55.2 Å². The van der Waals surface area contributed by atoms with Gasteiger partial charge in [-0.05, 0) is 60.5 Å². The van der Waals surface area contributed by atoms with Crippen LogP contribution in [0, 0.1) is 0 Å². The zero-order valence-corrected chi connectivity index (χ0v) is 20.7. The summed E-state index contributed by atoms with van der Waals surface area (Å²) in [4.78, 5) is 0. The van der Waals surface area contributed by atoms with E-state index in [1.165, 1.54) is 18.2 Å². The van der Waals surface area contributed by atoms with Gasteiger partial charge in [-0.2, -0.15) is 0 Å². The summed E-state index contributed by atoms with van der Waals surface area (Å²) in [6.45, 7) is 0. The largest absolute Gasteiger partial charge is 0.457 e. The van der Waals surface area contributed by atoms with Gasteiger partial charge in [-0.15, -0.1) is 0 Å². The van der Waals surface area contributed by atoms with E-state index in [1.807, 2.05) is 0 Å². The van der Waals surface area contributed by atoms with Crippen LogP contribution in [-0.4, -0.2) is 9.13 Å². The van der Waals surface area contributed by atoms with Crippen molar-refractivity contribution < 1.29 is 32.2 Å². The molecule has 0 fully saturated rings. The minimum Gasteiger partial charge on any atom is -0.457 e. The third kappa shape index (κ3) is 3.59. The van der Waals surface area contributed by atoms with E-state index in [9.17, 15) is 0 Å². The molecular weight excluding hydrogens is 512 g/mol. The molecule has 0 amide bonds. The Hall–Kier alpha value is -4.99. The molecule has 0 radical (unpaired) electrons. The van der Waals surface area contributed by atoms with Crippen molar-refractivity contribution in [2.45, 2.75) is 0 Å². The lowest BCUT2D eigenvalue weighted by Crippen LogP contribution is -1.96. The first-order valence-corrected chi connectivity index (χ1v) is 12.0. The topological polar surface area (TPSA) is 19.1 Å². The molecule has 40 heavy (non-hydrogen) atoms. The first kappa shape index (κ1) is 10.5. The Kier molecular flexibility index (Phi) is 2.38. The number of fused-ring (bicyclic) bond motifs is 6. The number of rotatable bonds is 4. The van der Waals surface area contributed by atoms with Crippen molar-refractivity contribution in [2.24, 2.45) is 0 Å². The first-order valence-electron chi connectivity index (χ1n) is 21.7. The van der Waals surface area contributed by atoms with Gasteiger partial charge < -0.3 is 13.9 Å². The third-order valence-electron chi connectivity index (χ3n) is 6.21. The fourth-order valence-corrected chi connectivity index (χ4v) is 4.85. The monoisotopic (exact) mass is 554 g/mol. The molecular formula is C36H23ClN2O. The number of hydrogen-bond acceptors (Lipinski definition) is 1. The molecule has 2 heterocycles. The van der Waals surface area contributed by atoms with E-state index in [0.29, 0.717) is 0 Å². The number of aromatic nitrogens is 2. The van der Waals surface area contributed by atoms with E-state index in [2.05, 4.69) is 0 Å². The van der Waals surface area contributed by atoms with E-state index in [-0.39, 0.29) is 49.0 Å². The van der Waals surface area contributed by atoms with Gasteiger partial charge in [0.05, 0.1) is 55.2 Å². The molecule has 0 aliphatic rings. The average molecular weight is 555 g/mol. The van der Waals surface area contributed by atoms with Crippen LogP contribution in [0.25, 0.3) is 55.0 Å². The summed E-state index contributed by atoms with van der Waals surface area (Å²) in [6, 6.07) is -10.3. The van der Waals surface area contributed by atoms with Crippen molar-refractivity contribution in [1.82, 2.24) is 9.13 Å². The third-order valence-corrected chi connectivity index (χ3v) is 6.43. The molecule has 0 aliphatic carbocycles. The molecule has 190 valence electrons. The number of nitrogens with zero attached hydrogens (tertiary/aromatic N) is 2. The molecule has 8 rings (SSSR count). The van der Waals surface area contributed by atoms with Crippen LogP contribution in [0.15, 0.2) is 139 Å². The van der Waals surface area contributed by atoms with Crippen molar-refractivity contribution in [1.29, 1.82) is 0 Å². The van der Waals surface area contributed by atoms with Crippen molar-refractivity contribution in [3.05, 3.63) is 144 Å². The highest BCUT2D eigenvalue weighted by molar-refractivity contribution is 6.31. The molecule has 0 aliphatic heterocycles. The van der Waals surface area contributed by atoms with Gasteiger partial charge in [0.25, 0.3) is 0 Å². The smallest absolute Gasteiger partial charge is 0.131 e. The fraction of sp³-hybridized carbons (Fsp3) is 0. The highest BCUT2D eigenvalue weighted by atomic mass is 35.5. The van der Waals surface area contributed by atoms with E-state index in [0.717, 1.165) is 9.13 Å². The molecule has 8 aromatic rings. The minimum absolute atomic E-state index is 0.0482. The Labute approximate surface area is 264 Å². The van der Waals surface area contributed by atoms with E-state index in [4.69, 9.17) is 43.8 Å². The Bertz CT molecular complexity index is 3140. The number of ether oxygens (including phenoxy) is 1. The zero-order valence-electron chi connectivity index (χ0n) is 39.9. The van der Waals surface area contributed by atoms with Crippen LogP contribution in [0.2, 0.25) is 5.02 Å². The molecule has 0 saturated carbocycles. The summed E-state index contributed by atoms with van der Waals surface area (Å²) in [5.41, 5.74) is -2.00. The molecule has 0 saturated heterocycles. The van der Waals surface area contributed by atoms with Crippen LogP contribution in [0.1, 0.15) is 27.4 Å². The second kappa shape index (κ2) is 9.04. The SMILES string of the molecule is [2H]c1c([2H])c(-n2c3c([2H])c([2H])c([2H])c([2H])c3c3c([2H])c([2H])c([2H])c([2H])c32)c([2H])c([2H])c1Oc1cc(Cl)cc(-n2c3c([2H])c([2H])c([2H])c([2H])c3c3c([2H])c([2H])c([2H])c([2H])c32)c1. The van der Waals surface area contributed by atoms with Crippen molar-refractivity contribution in [3.8, 4) is 22.9 Å². The van der Waals surface area contributed by atoms with Gasteiger partial charge in [-0.1, -0.05) is 84.1 Å². The Morgan fingerprint density at radius 2 is 0.875 bits per heavy atom. The first-order chi connectivity index (χ1) is 28.1. The maximum atomic E-state index is 9.10. The Morgan fingerprint density at radius 3 is 1.35 bits per heavy atom. The van der Waals surface area contributed by atoms with Crippen molar-refractivity contribution in [2.75, 3.05) is 0 Å². The van der Waals surface area contributed by atoms with Crippen molar-refractivity contribution in [3.63, 3.8) is 0 Å². The van der Waals surface area contributed by atoms with Crippen LogP contribution in [0.4, 0.5) is 0 Å². The van der Waals surface area contributed by atoms with E-state index in [1.54, 1.807) is 0 Å². The minimum atomic E-state index is -0.846. The lowest BCUT2D eigenvalue weighted by molar-refractivity contribution is 0.482. The van der Waals surface area contributed by atoms with Crippen LogP contribution in [-0.2, 0) is 0 Å². The standard InChI is InChI=1S/C36H23ClN2O/c37-24-21-26(39-35-15-7-3-11-31(35)32-12-4-8-16-36(32)39)23-28(22-24)40-27-19-17-25(18-20-27)38-33-13-5-1-9-29(33)30-10-2-6-14-34(30)38/h1-23H/i1D,2D,3D,4D,5D,6D,7D,8D,9D,10D,11D,12D,13D,14D,15D,16D,17D,18D,19D,20D. The average Bonchev–Trinajstić information content (AvgIpc) is 3.76. The van der Waals surface area contributed by atoms with Crippen LogP contribution in [0.3, 0.4) is 0 Å². The van der Waals surface area contributed by atoms with Gasteiger partial charge in [0.15, 0.2) is 0 Å². The number of benzene rings is 6. The number of hydrogen-bond donors (Lipinski definition) is 0. The normalized spacial score (nSPS) is 18.6. The van der Waals surface area contributed by atoms with Crippen LogP contribution in [0.5, 0.6) is 11.5 Å². The molecule has 6 aromatic carbocycles. The van der Waals surface area contributed by atoms with Gasteiger partial charge in [0.1, 0.15) is 11.5 Å². The van der Waals surface area contributed by atoms with Gasteiger partial charge >= 0.3 is 0 Å². The lowest BCUT2D eigenvalue weighted by Gasteiger charge is -2.13. The summed E-state index contributed by atoms with van der Waals surface area (Å²) in [6.07, 6.45) is 0. The molecule has 0 atom stereocenters. The molecule has 3 nitrogen and oxygen atoms in total. The summed E-state index contributed by atoms with van der Waals surface area (Å²) in [5, 5.41) is -1.20. The highest BCUT2D eigenvalue weighted by Gasteiger charge is 2.14. The molecule has 0 N–H and O–H groups in total. The predicted octanol–water partition coefficient (Wildman–Crippen LogP) is 10.3. The van der Waals surface area contributed by atoms with Crippen LogP contribution >= 0.6 is 11.6 Å². The Morgan fingerprint density at radius 1 is 0.450 bits per heavy atom. The van der Waals surface area contributed by atoms with Crippen LogP contribution < -0.4 is 4.74 Å². The maximum absolute atomic E-state index is 9.10. The molecule has 2 aromatic heterocycles. The second-order valence-corrected chi connectivity index (χ2v) is 8.93. The highest BCUT2D eigenvalue weighted by Crippen LogP contribution is 2.36. The summed E-state index contributed by atoms with van der Waals surface area (Å²) >= 11 is 6.55. The quantitative estimate of drug-likeness (QED) is 0.212. The Balaban J connectivity index is 1.40. The van der Waals surface area contributed by atoms with Gasteiger partial charge in [0.2, 0.25) is 0 Å². The fourth-order valence-electron chi connectivity index (χ4n) is 4.63. The lowest BCUT2D eigenvalue weighted by atomic mass is 10.2. The molecule has 4 heteroatoms. The molecule has 0 bridgehead atoms. The summed E-state index contributed by atoms with van der Waals surface area (Å²) in [5.74, 6) is -0.958. The molecule has 0 spiro atoms. The number of halogens is 1.